The van der Waals surface area contributed by atoms with E-state index in [4.69, 9.17) is 10.5 Å². The van der Waals surface area contributed by atoms with Gasteiger partial charge in [0.2, 0.25) is 0 Å². The summed E-state index contributed by atoms with van der Waals surface area (Å²) < 4.78 is 5.33. The van der Waals surface area contributed by atoms with Crippen molar-refractivity contribution in [2.75, 3.05) is 20.7 Å². The normalized spacial score (nSPS) is 26.0. The lowest BCUT2D eigenvalue weighted by atomic mass is 9.70. The highest BCUT2D eigenvalue weighted by molar-refractivity contribution is 5.28. The minimum absolute atomic E-state index is 0.163. The third kappa shape index (κ3) is 3.41. The number of hydrogen-bond donors (Lipinski definition) is 1. The summed E-state index contributed by atoms with van der Waals surface area (Å²) >= 11 is 0. The molecule has 2 atom stereocenters. The Balaban J connectivity index is 2.16. The van der Waals surface area contributed by atoms with Gasteiger partial charge in [0.1, 0.15) is 5.75 Å². The van der Waals surface area contributed by atoms with Crippen molar-refractivity contribution >= 4 is 0 Å². The van der Waals surface area contributed by atoms with Crippen LogP contribution in [0.4, 0.5) is 0 Å². The standard InChI is InChI=1S/C18H30N2O/c1-4-16-9-5-6-11-18(16,14-19)20(2)13-15-8-7-10-17(12-15)21-3/h7-8,10,12,16H,4-6,9,11,13-14,19H2,1-3H3. The quantitative estimate of drug-likeness (QED) is 0.872. The minimum Gasteiger partial charge on any atom is -0.497 e. The third-order valence-corrected chi connectivity index (χ3v) is 5.33. The fourth-order valence-corrected chi connectivity index (χ4v) is 4.01. The predicted molar refractivity (Wildman–Crippen MR) is 88.5 cm³/mol. The maximum atomic E-state index is 6.25. The Labute approximate surface area is 129 Å². The molecule has 3 heteroatoms. The molecule has 1 aliphatic carbocycles. The number of nitrogens with zero attached hydrogens (tertiary/aromatic N) is 1. The molecule has 1 aromatic rings. The fraction of sp³-hybridized carbons (Fsp3) is 0.667. The lowest BCUT2D eigenvalue weighted by Crippen LogP contribution is -2.58. The van der Waals surface area contributed by atoms with Gasteiger partial charge in [0.15, 0.2) is 0 Å². The molecule has 0 bridgehead atoms. The first-order chi connectivity index (χ1) is 10.2. The molecular weight excluding hydrogens is 260 g/mol. The van der Waals surface area contributed by atoms with Gasteiger partial charge in [-0.3, -0.25) is 4.90 Å². The van der Waals surface area contributed by atoms with Gasteiger partial charge in [-0.15, -0.1) is 0 Å². The van der Waals surface area contributed by atoms with E-state index in [1.54, 1.807) is 7.11 Å². The molecule has 118 valence electrons. The Hall–Kier alpha value is -1.06. The molecule has 1 fully saturated rings. The average Bonchev–Trinajstić information content (AvgIpc) is 2.54. The highest BCUT2D eigenvalue weighted by Crippen LogP contribution is 2.39. The Morgan fingerprint density at radius 3 is 2.86 bits per heavy atom. The van der Waals surface area contributed by atoms with Crippen LogP contribution in [0.15, 0.2) is 24.3 Å². The molecule has 0 aliphatic heterocycles. The van der Waals surface area contributed by atoms with Crippen LogP contribution in [0.25, 0.3) is 0 Å². The highest BCUT2D eigenvalue weighted by atomic mass is 16.5. The number of likely N-dealkylation sites (N-methyl/N-ethyl adjacent to an activating group) is 1. The average molecular weight is 290 g/mol. The summed E-state index contributed by atoms with van der Waals surface area (Å²) in [6.07, 6.45) is 6.42. The molecule has 2 rings (SSSR count). The number of rotatable bonds is 6. The zero-order chi connectivity index (χ0) is 15.3. The van der Waals surface area contributed by atoms with Crippen molar-refractivity contribution in [1.29, 1.82) is 0 Å². The van der Waals surface area contributed by atoms with E-state index in [1.807, 2.05) is 6.07 Å². The van der Waals surface area contributed by atoms with Crippen LogP contribution < -0.4 is 10.5 Å². The van der Waals surface area contributed by atoms with Crippen molar-refractivity contribution in [3.8, 4) is 5.75 Å². The van der Waals surface area contributed by atoms with Crippen molar-refractivity contribution in [3.05, 3.63) is 29.8 Å². The van der Waals surface area contributed by atoms with Gasteiger partial charge >= 0.3 is 0 Å². The molecule has 0 spiro atoms. The van der Waals surface area contributed by atoms with E-state index in [9.17, 15) is 0 Å². The second-order valence-corrected chi connectivity index (χ2v) is 6.37. The van der Waals surface area contributed by atoms with Crippen molar-refractivity contribution in [2.24, 2.45) is 11.7 Å². The first-order valence-corrected chi connectivity index (χ1v) is 8.20. The van der Waals surface area contributed by atoms with Crippen molar-refractivity contribution in [3.63, 3.8) is 0 Å². The lowest BCUT2D eigenvalue weighted by molar-refractivity contribution is 0.0177. The minimum atomic E-state index is 0.163. The van der Waals surface area contributed by atoms with Crippen molar-refractivity contribution in [2.45, 2.75) is 51.1 Å². The zero-order valence-corrected chi connectivity index (χ0v) is 13.8. The Morgan fingerprint density at radius 2 is 2.19 bits per heavy atom. The number of hydrogen-bond acceptors (Lipinski definition) is 3. The summed E-state index contributed by atoms with van der Waals surface area (Å²) in [5, 5.41) is 0. The van der Waals surface area contributed by atoms with Crippen LogP contribution in [-0.4, -0.2) is 31.1 Å². The SMILES string of the molecule is CCC1CCCCC1(CN)N(C)Cc1cccc(OC)c1. The Bertz CT molecular complexity index is 449. The summed E-state index contributed by atoms with van der Waals surface area (Å²) in [5.74, 6) is 1.64. The van der Waals surface area contributed by atoms with Crippen LogP contribution in [0, 0.1) is 5.92 Å². The summed E-state index contributed by atoms with van der Waals surface area (Å²) in [4.78, 5) is 2.50. The van der Waals surface area contributed by atoms with Crippen LogP contribution in [0.1, 0.15) is 44.6 Å². The Kier molecular flexibility index (Phi) is 5.65. The number of nitrogens with two attached hydrogens (primary N) is 1. The van der Waals surface area contributed by atoms with Gasteiger partial charge in [-0.1, -0.05) is 38.3 Å². The molecule has 0 radical (unpaired) electrons. The van der Waals surface area contributed by atoms with Crippen LogP contribution >= 0.6 is 0 Å². The molecule has 0 aromatic heterocycles. The summed E-state index contributed by atoms with van der Waals surface area (Å²) in [5.41, 5.74) is 7.71. The molecule has 21 heavy (non-hydrogen) atoms. The molecule has 0 heterocycles. The molecule has 0 amide bonds. The zero-order valence-electron chi connectivity index (χ0n) is 13.8. The maximum absolute atomic E-state index is 6.25. The predicted octanol–water partition coefficient (Wildman–Crippen LogP) is 3.42. The van der Waals surface area contributed by atoms with E-state index in [0.717, 1.165) is 18.8 Å². The maximum Gasteiger partial charge on any atom is 0.119 e. The van der Waals surface area contributed by atoms with Crippen molar-refractivity contribution < 1.29 is 4.74 Å². The largest absolute Gasteiger partial charge is 0.497 e. The second kappa shape index (κ2) is 7.28. The van der Waals surface area contributed by atoms with E-state index >= 15 is 0 Å². The Morgan fingerprint density at radius 1 is 1.38 bits per heavy atom. The lowest BCUT2D eigenvalue weighted by Gasteiger charge is -2.49. The van der Waals surface area contributed by atoms with E-state index in [1.165, 1.54) is 37.7 Å². The van der Waals surface area contributed by atoms with Gasteiger partial charge in [0.05, 0.1) is 7.11 Å². The van der Waals surface area contributed by atoms with Gasteiger partial charge in [-0.2, -0.15) is 0 Å². The van der Waals surface area contributed by atoms with Gasteiger partial charge in [-0.05, 0) is 43.5 Å². The van der Waals surface area contributed by atoms with Gasteiger partial charge in [-0.25, -0.2) is 0 Å². The summed E-state index contributed by atoms with van der Waals surface area (Å²) in [6.45, 7) is 4.00. The monoisotopic (exact) mass is 290 g/mol. The van der Waals surface area contributed by atoms with E-state index < -0.39 is 0 Å². The number of benzene rings is 1. The van der Waals surface area contributed by atoms with Crippen molar-refractivity contribution in [1.82, 2.24) is 4.90 Å². The molecule has 1 aromatic carbocycles. The molecule has 1 saturated carbocycles. The molecule has 2 unspecified atom stereocenters. The van der Waals surface area contributed by atoms with E-state index in [-0.39, 0.29) is 5.54 Å². The summed E-state index contributed by atoms with van der Waals surface area (Å²) in [7, 11) is 3.96. The molecular formula is C18H30N2O. The third-order valence-electron chi connectivity index (χ3n) is 5.33. The van der Waals surface area contributed by atoms with Gasteiger partial charge in [0.25, 0.3) is 0 Å². The van der Waals surface area contributed by atoms with Crippen LogP contribution in [-0.2, 0) is 6.54 Å². The van der Waals surface area contributed by atoms with E-state index in [2.05, 4.69) is 37.1 Å². The number of ether oxygens (including phenoxy) is 1. The summed E-state index contributed by atoms with van der Waals surface area (Å²) in [6, 6.07) is 8.37. The highest BCUT2D eigenvalue weighted by Gasteiger charge is 2.41. The van der Waals surface area contributed by atoms with Crippen LogP contribution in [0.5, 0.6) is 5.75 Å². The van der Waals surface area contributed by atoms with Crippen LogP contribution in [0.2, 0.25) is 0 Å². The topological polar surface area (TPSA) is 38.5 Å². The van der Waals surface area contributed by atoms with Gasteiger partial charge in [0, 0.05) is 18.6 Å². The smallest absolute Gasteiger partial charge is 0.119 e. The molecule has 0 saturated heterocycles. The molecule has 3 nitrogen and oxygen atoms in total. The second-order valence-electron chi connectivity index (χ2n) is 6.37. The first-order valence-electron chi connectivity index (χ1n) is 8.20. The van der Waals surface area contributed by atoms with E-state index in [0.29, 0.717) is 5.92 Å². The number of methoxy groups -OCH3 is 1. The first kappa shape index (κ1) is 16.3. The fourth-order valence-electron chi connectivity index (χ4n) is 4.01. The van der Waals surface area contributed by atoms with Crippen LogP contribution in [0.3, 0.4) is 0 Å². The van der Waals surface area contributed by atoms with Gasteiger partial charge < -0.3 is 10.5 Å². The molecule has 1 aliphatic rings. The molecule has 2 N–H and O–H groups in total.